The number of ether oxygens (including phenoxy) is 1. The Morgan fingerprint density at radius 3 is 2.64 bits per heavy atom. The number of hydrogen-bond acceptors (Lipinski definition) is 3. The predicted octanol–water partition coefficient (Wildman–Crippen LogP) is 4.83. The summed E-state index contributed by atoms with van der Waals surface area (Å²) < 4.78 is 5.31. The molecule has 1 aromatic rings. The molecule has 1 atom stereocenters. The molecule has 0 aromatic heterocycles. The van der Waals surface area contributed by atoms with Crippen LogP contribution in [0.5, 0.6) is 5.75 Å². The smallest absolute Gasteiger partial charge is 0.174 e. The third kappa shape index (κ3) is 2.71. The number of nitrogens with zero attached hydrogens (tertiary/aromatic N) is 1. The zero-order chi connectivity index (χ0) is 15.7. The van der Waals surface area contributed by atoms with Crippen LogP contribution in [0.3, 0.4) is 0 Å². The first-order valence-electron chi connectivity index (χ1n) is 7.68. The molecule has 0 spiro atoms. The first-order valence-corrected chi connectivity index (χ1v) is 8.44. The van der Waals surface area contributed by atoms with Crippen LogP contribution >= 0.6 is 23.2 Å². The van der Waals surface area contributed by atoms with Gasteiger partial charge >= 0.3 is 0 Å². The summed E-state index contributed by atoms with van der Waals surface area (Å²) in [5.41, 5.74) is 1.46. The van der Waals surface area contributed by atoms with Crippen molar-refractivity contribution in [3.05, 3.63) is 27.2 Å². The van der Waals surface area contributed by atoms with Gasteiger partial charge in [0.2, 0.25) is 0 Å². The molecule has 0 aliphatic heterocycles. The number of carbonyl (C=O) groups is 1. The molecule has 22 heavy (non-hydrogen) atoms. The van der Waals surface area contributed by atoms with E-state index in [2.05, 4.69) is 0 Å². The van der Waals surface area contributed by atoms with E-state index in [1.165, 1.54) is 12.8 Å². The van der Waals surface area contributed by atoms with E-state index in [1.54, 1.807) is 6.07 Å². The SMILES string of the molecule is N#CCOc1cc2c(c(Cl)c1Cl)C(=O)C(C1CCCC1)CC2. The number of hydrogen-bond donors (Lipinski definition) is 0. The van der Waals surface area contributed by atoms with Crippen LogP contribution in [0.1, 0.15) is 48.0 Å². The number of Topliss-reactive ketones (excluding diaryl/α,β-unsaturated/α-hetero) is 1. The second kappa shape index (κ2) is 6.48. The van der Waals surface area contributed by atoms with Crippen LogP contribution in [0.2, 0.25) is 10.0 Å². The molecule has 0 saturated heterocycles. The molecule has 0 radical (unpaired) electrons. The number of benzene rings is 1. The van der Waals surface area contributed by atoms with Crippen molar-refractivity contribution in [3.8, 4) is 11.8 Å². The Balaban J connectivity index is 1.95. The summed E-state index contributed by atoms with van der Waals surface area (Å²) in [7, 11) is 0. The molecule has 116 valence electrons. The van der Waals surface area contributed by atoms with Crippen LogP contribution in [0.25, 0.3) is 0 Å². The van der Waals surface area contributed by atoms with Gasteiger partial charge in [-0.3, -0.25) is 4.79 Å². The monoisotopic (exact) mass is 337 g/mol. The third-order valence-corrected chi connectivity index (χ3v) is 5.67. The summed E-state index contributed by atoms with van der Waals surface area (Å²) in [6, 6.07) is 3.67. The fraction of sp³-hybridized carbons (Fsp3) is 0.529. The van der Waals surface area contributed by atoms with Crippen molar-refractivity contribution in [2.24, 2.45) is 11.8 Å². The van der Waals surface area contributed by atoms with E-state index in [4.69, 9.17) is 33.2 Å². The maximum Gasteiger partial charge on any atom is 0.174 e. The second-order valence-electron chi connectivity index (χ2n) is 6.04. The maximum atomic E-state index is 12.9. The maximum absolute atomic E-state index is 12.9. The lowest BCUT2D eigenvalue weighted by Crippen LogP contribution is -2.28. The highest BCUT2D eigenvalue weighted by atomic mass is 35.5. The van der Waals surface area contributed by atoms with Crippen molar-refractivity contribution in [1.82, 2.24) is 0 Å². The summed E-state index contributed by atoms with van der Waals surface area (Å²) in [5.74, 6) is 1.09. The standard InChI is InChI=1S/C17H17Cl2NO2/c18-15-13(22-8-7-20)9-11-5-6-12(10-3-1-2-4-10)17(21)14(11)16(15)19/h9-10,12H,1-6,8H2. The molecule has 3 rings (SSSR count). The number of carbonyl (C=O) groups excluding carboxylic acids is 1. The molecule has 1 saturated carbocycles. The van der Waals surface area contributed by atoms with Crippen LogP contribution < -0.4 is 4.74 Å². The summed E-state index contributed by atoms with van der Waals surface area (Å²) in [6.45, 7) is -0.0898. The van der Waals surface area contributed by atoms with Crippen LogP contribution in [0, 0.1) is 23.2 Å². The van der Waals surface area contributed by atoms with E-state index in [9.17, 15) is 4.79 Å². The van der Waals surface area contributed by atoms with Gasteiger partial charge in [-0.2, -0.15) is 5.26 Å². The van der Waals surface area contributed by atoms with Gasteiger partial charge < -0.3 is 4.74 Å². The third-order valence-electron chi connectivity index (χ3n) is 4.82. The van der Waals surface area contributed by atoms with E-state index >= 15 is 0 Å². The van der Waals surface area contributed by atoms with Gasteiger partial charge in [0.1, 0.15) is 16.8 Å². The van der Waals surface area contributed by atoms with Crippen molar-refractivity contribution in [1.29, 1.82) is 5.26 Å². The van der Waals surface area contributed by atoms with E-state index in [1.807, 2.05) is 6.07 Å². The highest BCUT2D eigenvalue weighted by Gasteiger charge is 2.37. The lowest BCUT2D eigenvalue weighted by Gasteiger charge is -2.29. The van der Waals surface area contributed by atoms with E-state index in [0.717, 1.165) is 31.2 Å². The molecule has 1 aromatic carbocycles. The molecule has 2 aliphatic rings. The van der Waals surface area contributed by atoms with Gasteiger partial charge in [0.15, 0.2) is 12.4 Å². The van der Waals surface area contributed by atoms with E-state index < -0.39 is 0 Å². The molecule has 0 amide bonds. The Hall–Kier alpha value is -1.24. The van der Waals surface area contributed by atoms with Crippen molar-refractivity contribution in [2.75, 3.05) is 6.61 Å². The lowest BCUT2D eigenvalue weighted by atomic mass is 9.75. The van der Waals surface area contributed by atoms with Gasteiger partial charge in [-0.25, -0.2) is 0 Å². The first kappa shape index (κ1) is 15.6. The fourth-order valence-corrected chi connectivity index (χ4v) is 4.28. The zero-order valence-corrected chi connectivity index (χ0v) is 13.7. The molecule has 0 bridgehead atoms. The number of rotatable bonds is 3. The molecular weight excluding hydrogens is 321 g/mol. The van der Waals surface area contributed by atoms with Gasteiger partial charge in [0, 0.05) is 11.5 Å². The average molecular weight is 338 g/mol. The molecule has 3 nitrogen and oxygen atoms in total. The van der Waals surface area contributed by atoms with Crippen LogP contribution in [-0.2, 0) is 6.42 Å². The highest BCUT2D eigenvalue weighted by Crippen LogP contribution is 2.44. The average Bonchev–Trinajstić information content (AvgIpc) is 3.03. The van der Waals surface area contributed by atoms with Crippen molar-refractivity contribution in [3.63, 3.8) is 0 Å². The molecular formula is C17H17Cl2NO2. The number of fused-ring (bicyclic) bond motifs is 1. The predicted molar refractivity (Wildman–Crippen MR) is 85.7 cm³/mol. The van der Waals surface area contributed by atoms with E-state index in [0.29, 0.717) is 17.2 Å². The number of aryl methyl sites for hydroxylation is 1. The summed E-state index contributed by atoms with van der Waals surface area (Å²) in [6.07, 6.45) is 6.39. The quantitative estimate of drug-likeness (QED) is 0.793. The van der Waals surface area contributed by atoms with Gasteiger partial charge in [0.05, 0.1) is 5.02 Å². The Morgan fingerprint density at radius 2 is 1.95 bits per heavy atom. The van der Waals surface area contributed by atoms with Crippen LogP contribution in [-0.4, -0.2) is 12.4 Å². The van der Waals surface area contributed by atoms with Crippen molar-refractivity contribution < 1.29 is 9.53 Å². The topological polar surface area (TPSA) is 50.1 Å². The Labute approximate surface area is 140 Å². The fourth-order valence-electron chi connectivity index (χ4n) is 3.77. The number of halogens is 2. The van der Waals surface area contributed by atoms with Gasteiger partial charge in [-0.1, -0.05) is 36.0 Å². The van der Waals surface area contributed by atoms with Crippen molar-refractivity contribution >= 4 is 29.0 Å². The largest absolute Gasteiger partial charge is 0.477 e. The Bertz CT molecular complexity index is 645. The Kier molecular flexibility index (Phi) is 4.61. The van der Waals surface area contributed by atoms with Crippen molar-refractivity contribution in [2.45, 2.75) is 38.5 Å². The Morgan fingerprint density at radius 1 is 1.23 bits per heavy atom. The lowest BCUT2D eigenvalue weighted by molar-refractivity contribution is 0.0850. The number of ketones is 1. The molecule has 0 N–H and O–H groups in total. The van der Waals surface area contributed by atoms with Gasteiger partial charge in [0.25, 0.3) is 0 Å². The minimum absolute atomic E-state index is 0.0782. The summed E-state index contributed by atoms with van der Waals surface area (Å²) in [4.78, 5) is 12.9. The second-order valence-corrected chi connectivity index (χ2v) is 6.79. The number of nitriles is 1. The minimum atomic E-state index is -0.0898. The summed E-state index contributed by atoms with van der Waals surface area (Å²) in [5, 5.41) is 9.13. The zero-order valence-electron chi connectivity index (χ0n) is 12.2. The first-order chi connectivity index (χ1) is 10.6. The van der Waals surface area contributed by atoms with Gasteiger partial charge in [-0.15, -0.1) is 0 Å². The van der Waals surface area contributed by atoms with Gasteiger partial charge in [-0.05, 0) is 43.2 Å². The van der Waals surface area contributed by atoms with E-state index in [-0.39, 0.29) is 28.4 Å². The molecule has 1 unspecified atom stereocenters. The highest BCUT2D eigenvalue weighted by molar-refractivity contribution is 6.45. The minimum Gasteiger partial charge on any atom is -0.477 e. The molecule has 5 heteroatoms. The molecule has 0 heterocycles. The van der Waals surface area contributed by atoms with Crippen LogP contribution in [0.15, 0.2) is 6.07 Å². The van der Waals surface area contributed by atoms with Crippen LogP contribution in [0.4, 0.5) is 0 Å². The normalized spacial score (nSPS) is 21.5. The molecule has 1 fully saturated rings. The molecule has 2 aliphatic carbocycles. The summed E-state index contributed by atoms with van der Waals surface area (Å²) >= 11 is 12.6.